The third-order valence-corrected chi connectivity index (χ3v) is 4.08. The van der Waals surface area contributed by atoms with E-state index in [0.29, 0.717) is 17.7 Å². The molecule has 29 heavy (non-hydrogen) atoms. The first kappa shape index (κ1) is 20.1. The molecule has 0 saturated carbocycles. The van der Waals surface area contributed by atoms with Gasteiger partial charge in [-0.3, -0.25) is 4.79 Å². The maximum atomic E-state index is 12.4. The lowest BCUT2D eigenvalue weighted by Crippen LogP contribution is -2.30. The number of methoxy groups -OCH3 is 2. The van der Waals surface area contributed by atoms with Crippen molar-refractivity contribution in [2.75, 3.05) is 27.4 Å². The predicted octanol–water partition coefficient (Wildman–Crippen LogP) is 2.40. The van der Waals surface area contributed by atoms with E-state index in [1.807, 2.05) is 0 Å². The number of esters is 1. The van der Waals surface area contributed by atoms with Crippen molar-refractivity contribution in [2.24, 2.45) is 0 Å². The Morgan fingerprint density at radius 3 is 2.59 bits per heavy atom. The number of rotatable bonds is 7. The first-order valence-electron chi connectivity index (χ1n) is 8.73. The Morgan fingerprint density at radius 1 is 1.03 bits per heavy atom. The van der Waals surface area contributed by atoms with Crippen molar-refractivity contribution < 1.29 is 28.2 Å². The van der Waals surface area contributed by atoms with Crippen LogP contribution in [0.25, 0.3) is 11.0 Å². The minimum Gasteiger partial charge on any atom is -0.496 e. The molecule has 1 heterocycles. The van der Waals surface area contributed by atoms with Crippen LogP contribution in [0.1, 0.15) is 20.7 Å². The van der Waals surface area contributed by atoms with E-state index in [-0.39, 0.29) is 29.0 Å². The Labute approximate surface area is 166 Å². The Bertz CT molecular complexity index is 1100. The van der Waals surface area contributed by atoms with E-state index in [9.17, 15) is 14.4 Å². The average Bonchev–Trinajstić information content (AvgIpc) is 2.73. The van der Waals surface area contributed by atoms with Crippen LogP contribution in [-0.2, 0) is 4.74 Å². The quantitative estimate of drug-likeness (QED) is 0.282. The number of para-hydroxylation sites is 1. The van der Waals surface area contributed by atoms with Gasteiger partial charge in [0.15, 0.2) is 0 Å². The van der Waals surface area contributed by atoms with Gasteiger partial charge in [0.1, 0.15) is 28.2 Å². The molecule has 0 bridgehead atoms. The molecule has 1 amide bonds. The Morgan fingerprint density at radius 2 is 1.83 bits per heavy atom. The van der Waals surface area contributed by atoms with Crippen LogP contribution in [0.4, 0.5) is 0 Å². The lowest BCUT2D eigenvalue weighted by atomic mass is 10.1. The zero-order chi connectivity index (χ0) is 20.8. The minimum atomic E-state index is -0.791. The van der Waals surface area contributed by atoms with Crippen LogP contribution in [0.5, 0.6) is 11.5 Å². The molecule has 1 N–H and O–H groups in total. The number of hydrogen-bond acceptors (Lipinski definition) is 7. The first-order chi connectivity index (χ1) is 14.0. The fraction of sp³-hybridized carbons (Fsp3) is 0.190. The van der Waals surface area contributed by atoms with Crippen LogP contribution in [0, 0.1) is 0 Å². The lowest BCUT2D eigenvalue weighted by Gasteiger charge is -2.09. The monoisotopic (exact) mass is 397 g/mol. The van der Waals surface area contributed by atoms with Crippen molar-refractivity contribution in [1.29, 1.82) is 0 Å². The van der Waals surface area contributed by atoms with E-state index >= 15 is 0 Å². The molecule has 150 valence electrons. The highest BCUT2D eigenvalue weighted by Gasteiger charge is 2.16. The molecule has 1 aromatic heterocycles. The SMILES string of the molecule is COCCNC(=O)c1cc2ccc(OC(=O)c3ccccc3OC)cc2oc1=O. The minimum absolute atomic E-state index is 0.118. The molecule has 0 aliphatic rings. The fourth-order valence-corrected chi connectivity index (χ4v) is 2.65. The van der Waals surface area contributed by atoms with Gasteiger partial charge in [-0.1, -0.05) is 12.1 Å². The van der Waals surface area contributed by atoms with Crippen molar-refractivity contribution >= 4 is 22.8 Å². The highest BCUT2D eigenvalue weighted by Crippen LogP contribution is 2.24. The van der Waals surface area contributed by atoms with E-state index in [1.54, 1.807) is 36.4 Å². The maximum Gasteiger partial charge on any atom is 0.349 e. The van der Waals surface area contributed by atoms with E-state index in [4.69, 9.17) is 18.6 Å². The number of fused-ring (bicyclic) bond motifs is 1. The third-order valence-electron chi connectivity index (χ3n) is 4.08. The van der Waals surface area contributed by atoms with Gasteiger partial charge in [-0.15, -0.1) is 0 Å². The van der Waals surface area contributed by atoms with Crippen LogP contribution in [0.3, 0.4) is 0 Å². The number of amides is 1. The van der Waals surface area contributed by atoms with Crippen molar-refractivity contribution in [3.8, 4) is 11.5 Å². The predicted molar refractivity (Wildman–Crippen MR) is 105 cm³/mol. The summed E-state index contributed by atoms with van der Waals surface area (Å²) in [6.45, 7) is 0.593. The summed E-state index contributed by atoms with van der Waals surface area (Å²) < 4.78 is 20.6. The van der Waals surface area contributed by atoms with Crippen LogP contribution in [-0.4, -0.2) is 39.2 Å². The molecule has 0 saturated heterocycles. The summed E-state index contributed by atoms with van der Waals surface area (Å²) in [4.78, 5) is 36.7. The number of nitrogens with one attached hydrogen (secondary N) is 1. The molecule has 8 heteroatoms. The van der Waals surface area contributed by atoms with Gasteiger partial charge in [-0.25, -0.2) is 9.59 Å². The van der Waals surface area contributed by atoms with Crippen molar-refractivity contribution in [2.45, 2.75) is 0 Å². The molecule has 2 aromatic carbocycles. The van der Waals surface area contributed by atoms with Gasteiger partial charge in [0.05, 0.1) is 13.7 Å². The number of hydrogen-bond donors (Lipinski definition) is 1. The molecule has 0 aliphatic carbocycles. The number of benzene rings is 2. The van der Waals surface area contributed by atoms with Gasteiger partial charge in [-0.05, 0) is 30.3 Å². The van der Waals surface area contributed by atoms with Gasteiger partial charge in [-0.2, -0.15) is 0 Å². The van der Waals surface area contributed by atoms with Crippen molar-refractivity contribution in [3.63, 3.8) is 0 Å². The second kappa shape index (κ2) is 9.03. The summed E-state index contributed by atoms with van der Waals surface area (Å²) in [7, 11) is 2.97. The number of carbonyl (C=O) groups is 2. The molecule has 0 fully saturated rings. The summed E-state index contributed by atoms with van der Waals surface area (Å²) in [5.41, 5.74) is -0.457. The highest BCUT2D eigenvalue weighted by molar-refractivity contribution is 5.97. The van der Waals surface area contributed by atoms with Crippen molar-refractivity contribution in [1.82, 2.24) is 5.32 Å². The molecule has 3 rings (SSSR count). The second-order valence-electron chi connectivity index (χ2n) is 5.99. The smallest absolute Gasteiger partial charge is 0.349 e. The van der Waals surface area contributed by atoms with Crippen LogP contribution >= 0.6 is 0 Å². The van der Waals surface area contributed by atoms with Gasteiger partial charge >= 0.3 is 11.6 Å². The van der Waals surface area contributed by atoms with E-state index < -0.39 is 17.5 Å². The van der Waals surface area contributed by atoms with Crippen LogP contribution in [0.15, 0.2) is 57.7 Å². The van der Waals surface area contributed by atoms with Gasteiger partial charge < -0.3 is 23.9 Å². The molecular formula is C21H19NO7. The zero-order valence-corrected chi connectivity index (χ0v) is 15.9. The van der Waals surface area contributed by atoms with Crippen molar-refractivity contribution in [3.05, 3.63) is 70.1 Å². The molecule has 0 atom stereocenters. The summed E-state index contributed by atoms with van der Waals surface area (Å²) in [6, 6.07) is 12.6. The van der Waals surface area contributed by atoms with E-state index in [0.717, 1.165) is 0 Å². The average molecular weight is 397 g/mol. The molecule has 0 aliphatic heterocycles. The molecule has 3 aromatic rings. The molecule has 8 nitrogen and oxygen atoms in total. The van der Waals surface area contributed by atoms with E-state index in [1.165, 1.54) is 26.4 Å². The highest BCUT2D eigenvalue weighted by atomic mass is 16.5. The largest absolute Gasteiger partial charge is 0.496 e. The van der Waals surface area contributed by atoms with Crippen LogP contribution in [0.2, 0.25) is 0 Å². The molecule has 0 spiro atoms. The topological polar surface area (TPSA) is 104 Å². The number of ether oxygens (including phenoxy) is 3. The third kappa shape index (κ3) is 4.61. The standard InChI is InChI=1S/C21H19NO7/c1-26-10-9-22-19(23)16-11-13-7-8-14(12-18(13)29-21(16)25)28-20(24)15-5-3-4-6-17(15)27-2/h3-8,11-12H,9-10H2,1-2H3,(H,22,23). The second-order valence-corrected chi connectivity index (χ2v) is 5.99. The fourth-order valence-electron chi connectivity index (χ4n) is 2.65. The first-order valence-corrected chi connectivity index (χ1v) is 8.73. The Hall–Kier alpha value is -3.65. The molecule has 0 unspecified atom stereocenters. The maximum absolute atomic E-state index is 12.4. The van der Waals surface area contributed by atoms with Gasteiger partial charge in [0.2, 0.25) is 0 Å². The lowest BCUT2D eigenvalue weighted by molar-refractivity contribution is 0.0731. The number of carbonyl (C=O) groups excluding carboxylic acids is 2. The Kier molecular flexibility index (Phi) is 6.25. The Balaban J connectivity index is 1.83. The summed E-state index contributed by atoms with van der Waals surface area (Å²) in [5, 5.41) is 3.08. The summed E-state index contributed by atoms with van der Waals surface area (Å²) in [6.07, 6.45) is 0. The zero-order valence-electron chi connectivity index (χ0n) is 15.9. The van der Waals surface area contributed by atoms with Crippen LogP contribution < -0.4 is 20.4 Å². The summed E-state index contributed by atoms with van der Waals surface area (Å²) in [5.74, 6) is -0.592. The van der Waals surface area contributed by atoms with Gasteiger partial charge in [0.25, 0.3) is 5.91 Å². The van der Waals surface area contributed by atoms with E-state index in [2.05, 4.69) is 5.32 Å². The molecule has 0 radical (unpaired) electrons. The molecular weight excluding hydrogens is 378 g/mol. The summed E-state index contributed by atoms with van der Waals surface area (Å²) >= 11 is 0. The normalized spacial score (nSPS) is 10.6. The van der Waals surface area contributed by atoms with Gasteiger partial charge in [0, 0.05) is 25.1 Å².